The first-order chi connectivity index (χ1) is 14.1. The highest BCUT2D eigenvalue weighted by Crippen LogP contribution is 2.41. The van der Waals surface area contributed by atoms with Gasteiger partial charge < -0.3 is 5.32 Å². The summed E-state index contributed by atoms with van der Waals surface area (Å²) in [5, 5.41) is 12.0. The molecule has 1 N–H and O–H groups in total. The molecule has 0 radical (unpaired) electrons. The van der Waals surface area contributed by atoms with Crippen molar-refractivity contribution in [1.29, 1.82) is 0 Å². The molecule has 1 aromatic carbocycles. The van der Waals surface area contributed by atoms with Crippen molar-refractivity contribution in [3.8, 4) is 0 Å². The van der Waals surface area contributed by atoms with Crippen molar-refractivity contribution in [2.24, 2.45) is 5.92 Å². The Morgan fingerprint density at radius 3 is 2.66 bits per heavy atom. The summed E-state index contributed by atoms with van der Waals surface area (Å²) in [5.41, 5.74) is 5.55. The Hall–Kier alpha value is -2.17. The second kappa shape index (κ2) is 9.10. The van der Waals surface area contributed by atoms with Crippen molar-refractivity contribution in [2.75, 3.05) is 5.32 Å². The van der Waals surface area contributed by atoms with Crippen molar-refractivity contribution in [1.82, 2.24) is 15.0 Å². The minimum atomic E-state index is 0.0513. The van der Waals surface area contributed by atoms with Gasteiger partial charge in [-0.2, -0.15) is 0 Å². The van der Waals surface area contributed by atoms with Gasteiger partial charge in [0, 0.05) is 31.0 Å². The average molecular weight is 395 g/mol. The van der Waals surface area contributed by atoms with E-state index >= 15 is 0 Å². The second-order valence-electron chi connectivity index (χ2n) is 9.08. The van der Waals surface area contributed by atoms with Gasteiger partial charge in [-0.05, 0) is 50.7 Å². The predicted octanol–water partition coefficient (Wildman–Crippen LogP) is 5.31. The first-order valence-corrected chi connectivity index (χ1v) is 11.4. The topological polar surface area (TPSA) is 59.8 Å². The number of benzene rings is 1. The largest absolute Gasteiger partial charge is 0.326 e. The van der Waals surface area contributed by atoms with E-state index in [1.54, 1.807) is 0 Å². The van der Waals surface area contributed by atoms with Gasteiger partial charge in [0.15, 0.2) is 0 Å². The minimum absolute atomic E-state index is 0.0513. The molecule has 5 heteroatoms. The molecule has 156 valence electrons. The van der Waals surface area contributed by atoms with Crippen molar-refractivity contribution in [3.05, 3.63) is 40.7 Å². The van der Waals surface area contributed by atoms with Gasteiger partial charge in [-0.15, -0.1) is 5.10 Å². The molecule has 2 fully saturated rings. The Morgan fingerprint density at radius 2 is 1.93 bits per heavy atom. The quantitative estimate of drug-likeness (QED) is 0.660. The highest BCUT2D eigenvalue weighted by Gasteiger charge is 2.31. The highest BCUT2D eigenvalue weighted by molar-refractivity contribution is 5.91. The maximum Gasteiger partial charge on any atom is 0.224 e. The van der Waals surface area contributed by atoms with E-state index in [2.05, 4.69) is 33.3 Å². The number of anilines is 1. The molecule has 2 aromatic rings. The summed E-state index contributed by atoms with van der Waals surface area (Å²) in [7, 11) is 0. The van der Waals surface area contributed by atoms with Crippen molar-refractivity contribution in [2.45, 2.75) is 90.5 Å². The molecule has 0 spiro atoms. The van der Waals surface area contributed by atoms with E-state index in [0.717, 1.165) is 29.4 Å². The molecule has 0 unspecified atom stereocenters. The fourth-order valence-electron chi connectivity index (χ4n) is 4.68. The molecule has 4 rings (SSSR count). The lowest BCUT2D eigenvalue weighted by molar-refractivity contribution is -0.116. The zero-order chi connectivity index (χ0) is 20.2. The average Bonchev–Trinajstić information content (AvgIpc) is 3.48. The third-order valence-electron chi connectivity index (χ3n) is 6.53. The van der Waals surface area contributed by atoms with Gasteiger partial charge >= 0.3 is 0 Å². The molecule has 0 aliphatic heterocycles. The summed E-state index contributed by atoms with van der Waals surface area (Å²) in [6.45, 7) is 5.08. The van der Waals surface area contributed by atoms with Gasteiger partial charge in [0.2, 0.25) is 5.91 Å². The molecule has 1 aromatic heterocycles. The van der Waals surface area contributed by atoms with Crippen molar-refractivity contribution in [3.63, 3.8) is 0 Å². The van der Waals surface area contributed by atoms with Crippen LogP contribution in [-0.2, 0) is 17.8 Å². The van der Waals surface area contributed by atoms with Gasteiger partial charge in [0.25, 0.3) is 0 Å². The molecule has 29 heavy (non-hydrogen) atoms. The number of amides is 1. The molecule has 2 saturated carbocycles. The summed E-state index contributed by atoms with van der Waals surface area (Å²) in [6, 6.07) is 6.12. The fourth-order valence-corrected chi connectivity index (χ4v) is 4.68. The molecular formula is C24H34N4O. The number of rotatable bonds is 8. The molecule has 0 bridgehead atoms. The molecule has 0 saturated heterocycles. The van der Waals surface area contributed by atoms with Crippen LogP contribution in [0.5, 0.6) is 0 Å². The Balaban J connectivity index is 1.34. The maximum atomic E-state index is 12.5. The van der Waals surface area contributed by atoms with E-state index in [-0.39, 0.29) is 5.91 Å². The minimum Gasteiger partial charge on any atom is -0.326 e. The summed E-state index contributed by atoms with van der Waals surface area (Å²) in [4.78, 5) is 12.5. The highest BCUT2D eigenvalue weighted by atomic mass is 16.1. The Kier molecular flexibility index (Phi) is 6.31. The SMILES string of the molecule is Cc1ccc(NC(=O)CCc2nnn(CCC3CCCCC3)c2C2CC2)c(C)c1. The lowest BCUT2D eigenvalue weighted by Crippen LogP contribution is -2.14. The van der Waals surface area contributed by atoms with Gasteiger partial charge in [0.05, 0.1) is 11.4 Å². The van der Waals surface area contributed by atoms with E-state index in [9.17, 15) is 4.79 Å². The number of aryl methyl sites for hydroxylation is 4. The number of carbonyl (C=O) groups excluding carboxylic acids is 1. The number of hydrogen-bond donors (Lipinski definition) is 1. The molecule has 2 aliphatic rings. The van der Waals surface area contributed by atoms with Crippen LogP contribution in [0.1, 0.15) is 86.2 Å². The van der Waals surface area contributed by atoms with Crippen LogP contribution in [0.25, 0.3) is 0 Å². The molecular weight excluding hydrogens is 360 g/mol. The third kappa shape index (κ3) is 5.26. The molecule has 1 amide bonds. The summed E-state index contributed by atoms with van der Waals surface area (Å²) < 4.78 is 2.16. The van der Waals surface area contributed by atoms with Crippen LogP contribution in [0.2, 0.25) is 0 Å². The van der Waals surface area contributed by atoms with Gasteiger partial charge in [-0.3, -0.25) is 4.79 Å². The van der Waals surface area contributed by atoms with Gasteiger partial charge in [-0.25, -0.2) is 4.68 Å². The van der Waals surface area contributed by atoms with E-state index in [1.165, 1.54) is 62.6 Å². The standard InChI is InChI=1S/C24H34N4O/c1-17-8-11-21(18(2)16-17)25-23(29)13-12-22-24(20-9-10-20)28(27-26-22)15-14-19-6-4-3-5-7-19/h8,11,16,19-20H,3-7,9-10,12-15H2,1-2H3,(H,25,29). The molecule has 5 nitrogen and oxygen atoms in total. The van der Waals surface area contributed by atoms with Crippen LogP contribution < -0.4 is 5.32 Å². The van der Waals surface area contributed by atoms with Gasteiger partial charge in [-0.1, -0.05) is 55.0 Å². The first kappa shape index (κ1) is 20.1. The number of aromatic nitrogens is 3. The normalized spacial score (nSPS) is 17.4. The van der Waals surface area contributed by atoms with Crippen LogP contribution in [0, 0.1) is 19.8 Å². The van der Waals surface area contributed by atoms with E-state index < -0.39 is 0 Å². The van der Waals surface area contributed by atoms with Crippen LogP contribution in [-0.4, -0.2) is 20.9 Å². The number of hydrogen-bond acceptors (Lipinski definition) is 3. The lowest BCUT2D eigenvalue weighted by atomic mass is 9.87. The predicted molar refractivity (Wildman–Crippen MR) is 116 cm³/mol. The second-order valence-corrected chi connectivity index (χ2v) is 9.08. The smallest absolute Gasteiger partial charge is 0.224 e. The van der Waals surface area contributed by atoms with Crippen LogP contribution in [0.15, 0.2) is 18.2 Å². The lowest BCUT2D eigenvalue weighted by Gasteiger charge is -2.21. The third-order valence-corrected chi connectivity index (χ3v) is 6.53. The summed E-state index contributed by atoms with van der Waals surface area (Å²) in [6.07, 6.45) is 11.7. The number of carbonyl (C=O) groups is 1. The van der Waals surface area contributed by atoms with Crippen LogP contribution >= 0.6 is 0 Å². The van der Waals surface area contributed by atoms with Crippen molar-refractivity contribution < 1.29 is 4.79 Å². The first-order valence-electron chi connectivity index (χ1n) is 11.4. The molecule has 2 aliphatic carbocycles. The zero-order valence-corrected chi connectivity index (χ0v) is 17.9. The van der Waals surface area contributed by atoms with E-state index in [4.69, 9.17) is 0 Å². The Labute approximate surface area is 174 Å². The Bertz CT molecular complexity index is 847. The summed E-state index contributed by atoms with van der Waals surface area (Å²) in [5.74, 6) is 1.51. The monoisotopic (exact) mass is 394 g/mol. The summed E-state index contributed by atoms with van der Waals surface area (Å²) >= 11 is 0. The van der Waals surface area contributed by atoms with Crippen LogP contribution in [0.3, 0.4) is 0 Å². The molecule has 1 heterocycles. The zero-order valence-electron chi connectivity index (χ0n) is 17.9. The van der Waals surface area contributed by atoms with Gasteiger partial charge in [0.1, 0.15) is 0 Å². The number of nitrogens with one attached hydrogen (secondary N) is 1. The maximum absolute atomic E-state index is 12.5. The van der Waals surface area contributed by atoms with Crippen molar-refractivity contribution >= 4 is 11.6 Å². The van der Waals surface area contributed by atoms with E-state index in [0.29, 0.717) is 18.8 Å². The number of nitrogens with zero attached hydrogens (tertiary/aromatic N) is 3. The fraction of sp³-hybridized carbons (Fsp3) is 0.625. The molecule has 0 atom stereocenters. The van der Waals surface area contributed by atoms with Crippen LogP contribution in [0.4, 0.5) is 5.69 Å². The Morgan fingerprint density at radius 1 is 1.14 bits per heavy atom. The van der Waals surface area contributed by atoms with E-state index in [1.807, 2.05) is 19.1 Å².